The van der Waals surface area contributed by atoms with Crippen LogP contribution >= 0.6 is 0 Å². The molecule has 2 heterocycles. The molecule has 5 nitrogen and oxygen atoms in total. The number of carbonyl (C=O) groups excluding carboxylic acids is 1. The van der Waals surface area contributed by atoms with Gasteiger partial charge in [0.2, 0.25) is 0 Å². The number of hydrogen-bond donors (Lipinski definition) is 0. The summed E-state index contributed by atoms with van der Waals surface area (Å²) in [7, 11) is 1.40. The zero-order chi connectivity index (χ0) is 17.5. The van der Waals surface area contributed by atoms with Gasteiger partial charge in [0.1, 0.15) is 5.75 Å². The number of methoxy groups -OCH3 is 1. The van der Waals surface area contributed by atoms with Crippen molar-refractivity contribution in [1.29, 1.82) is 0 Å². The summed E-state index contributed by atoms with van der Waals surface area (Å²) in [5.74, 6) is 0.568. The molecule has 0 aromatic heterocycles. The van der Waals surface area contributed by atoms with E-state index in [2.05, 4.69) is 13.0 Å². The van der Waals surface area contributed by atoms with Gasteiger partial charge in [0, 0.05) is 23.8 Å². The molecule has 25 heavy (non-hydrogen) atoms. The first-order chi connectivity index (χ1) is 12.1. The third kappa shape index (κ3) is 2.64. The molecule has 0 N–H and O–H groups in total. The maximum atomic E-state index is 11.9. The predicted molar refractivity (Wildman–Crippen MR) is 91.8 cm³/mol. The first-order valence-corrected chi connectivity index (χ1v) is 9.26. The normalized spacial score (nSPS) is 30.1. The van der Waals surface area contributed by atoms with Crippen LogP contribution in [0.2, 0.25) is 0 Å². The summed E-state index contributed by atoms with van der Waals surface area (Å²) in [6, 6.07) is 5.77. The summed E-state index contributed by atoms with van der Waals surface area (Å²) < 4.78 is 22.9. The minimum Gasteiger partial charge on any atom is -0.493 e. The van der Waals surface area contributed by atoms with E-state index in [9.17, 15) is 4.79 Å². The lowest BCUT2D eigenvalue weighted by Crippen LogP contribution is -2.48. The SMILES string of the molecule is CCC12CCC3(CC1CCOc1cc(C(=O)OC)ccc12)OCCO3. The van der Waals surface area contributed by atoms with E-state index in [0.717, 1.165) is 37.9 Å². The fraction of sp³-hybridized carbons (Fsp3) is 0.650. The summed E-state index contributed by atoms with van der Waals surface area (Å²) >= 11 is 0. The molecule has 1 aliphatic carbocycles. The molecule has 1 saturated carbocycles. The van der Waals surface area contributed by atoms with Gasteiger partial charge in [-0.05, 0) is 37.3 Å². The highest BCUT2D eigenvalue weighted by Gasteiger charge is 2.53. The van der Waals surface area contributed by atoms with Gasteiger partial charge in [0.25, 0.3) is 0 Å². The number of esters is 1. The summed E-state index contributed by atoms with van der Waals surface area (Å²) in [4.78, 5) is 11.9. The molecule has 0 bridgehead atoms. The van der Waals surface area contributed by atoms with Crippen LogP contribution in [0, 0.1) is 5.92 Å². The van der Waals surface area contributed by atoms with Crippen molar-refractivity contribution in [3.05, 3.63) is 29.3 Å². The number of carbonyl (C=O) groups is 1. The van der Waals surface area contributed by atoms with Crippen LogP contribution in [0.1, 0.15) is 54.9 Å². The molecule has 1 aromatic carbocycles. The molecule has 136 valence electrons. The first-order valence-electron chi connectivity index (χ1n) is 9.26. The Bertz CT molecular complexity index is 664. The monoisotopic (exact) mass is 346 g/mol. The molecule has 0 amide bonds. The van der Waals surface area contributed by atoms with Crippen LogP contribution in [-0.4, -0.2) is 38.7 Å². The van der Waals surface area contributed by atoms with Gasteiger partial charge >= 0.3 is 5.97 Å². The summed E-state index contributed by atoms with van der Waals surface area (Å²) in [5.41, 5.74) is 1.82. The zero-order valence-electron chi connectivity index (χ0n) is 15.0. The van der Waals surface area contributed by atoms with Crippen molar-refractivity contribution in [1.82, 2.24) is 0 Å². The molecule has 2 aliphatic heterocycles. The number of fused-ring (bicyclic) bond motifs is 3. The number of ether oxygens (including phenoxy) is 4. The molecule has 1 spiro atoms. The average Bonchev–Trinajstić information content (AvgIpc) is 3.03. The van der Waals surface area contributed by atoms with Gasteiger partial charge in [0.05, 0.1) is 32.5 Å². The van der Waals surface area contributed by atoms with Gasteiger partial charge in [-0.25, -0.2) is 4.79 Å². The van der Waals surface area contributed by atoms with Crippen molar-refractivity contribution in [3.8, 4) is 5.75 Å². The Labute approximate surface area is 148 Å². The Balaban J connectivity index is 1.72. The Morgan fingerprint density at radius 3 is 2.76 bits per heavy atom. The van der Waals surface area contributed by atoms with Crippen molar-refractivity contribution in [2.75, 3.05) is 26.9 Å². The van der Waals surface area contributed by atoms with Crippen molar-refractivity contribution >= 4 is 5.97 Å². The lowest BCUT2D eigenvalue weighted by Gasteiger charge is -2.49. The molecule has 2 unspecified atom stereocenters. The van der Waals surface area contributed by atoms with E-state index in [1.165, 1.54) is 12.7 Å². The minimum atomic E-state index is -0.389. The lowest BCUT2D eigenvalue weighted by molar-refractivity contribution is -0.199. The quantitative estimate of drug-likeness (QED) is 0.768. The molecule has 0 radical (unpaired) electrons. The van der Waals surface area contributed by atoms with Crippen molar-refractivity contribution in [2.24, 2.45) is 5.92 Å². The Morgan fingerprint density at radius 2 is 2.04 bits per heavy atom. The topological polar surface area (TPSA) is 54.0 Å². The molecule has 3 aliphatic rings. The van der Waals surface area contributed by atoms with Crippen LogP contribution in [0.15, 0.2) is 18.2 Å². The fourth-order valence-electron chi connectivity index (χ4n) is 5.05. The zero-order valence-corrected chi connectivity index (χ0v) is 15.0. The maximum Gasteiger partial charge on any atom is 0.337 e. The Kier molecular flexibility index (Phi) is 4.24. The smallest absolute Gasteiger partial charge is 0.337 e. The van der Waals surface area contributed by atoms with Crippen molar-refractivity contribution in [3.63, 3.8) is 0 Å². The van der Waals surface area contributed by atoms with Gasteiger partial charge in [-0.2, -0.15) is 0 Å². The number of rotatable bonds is 2. The van der Waals surface area contributed by atoms with Crippen LogP contribution in [-0.2, 0) is 19.6 Å². The molecule has 4 rings (SSSR count). The summed E-state index contributed by atoms with van der Waals surface area (Å²) in [6.45, 7) is 4.30. The molecular formula is C20H26O5. The summed E-state index contributed by atoms with van der Waals surface area (Å²) in [6.07, 6.45) is 4.87. The van der Waals surface area contributed by atoms with E-state index in [1.54, 1.807) is 0 Å². The van der Waals surface area contributed by atoms with E-state index >= 15 is 0 Å². The average molecular weight is 346 g/mol. The highest BCUT2D eigenvalue weighted by Crippen LogP contribution is 2.55. The van der Waals surface area contributed by atoms with E-state index in [-0.39, 0.29) is 17.2 Å². The van der Waals surface area contributed by atoms with Gasteiger partial charge < -0.3 is 18.9 Å². The van der Waals surface area contributed by atoms with E-state index in [1.807, 2.05) is 12.1 Å². The van der Waals surface area contributed by atoms with Gasteiger partial charge in [0.15, 0.2) is 5.79 Å². The van der Waals surface area contributed by atoms with Crippen LogP contribution in [0.5, 0.6) is 5.75 Å². The molecular weight excluding hydrogens is 320 g/mol. The maximum absolute atomic E-state index is 11.9. The van der Waals surface area contributed by atoms with Crippen LogP contribution < -0.4 is 4.74 Å². The third-order valence-electron chi connectivity index (χ3n) is 6.40. The van der Waals surface area contributed by atoms with Crippen LogP contribution in [0.25, 0.3) is 0 Å². The first kappa shape index (κ1) is 16.9. The van der Waals surface area contributed by atoms with Gasteiger partial charge in [-0.15, -0.1) is 0 Å². The fourth-order valence-corrected chi connectivity index (χ4v) is 5.05. The molecule has 2 atom stereocenters. The Morgan fingerprint density at radius 1 is 1.24 bits per heavy atom. The molecule has 5 heteroatoms. The van der Waals surface area contributed by atoms with E-state index < -0.39 is 0 Å². The molecule has 2 fully saturated rings. The lowest BCUT2D eigenvalue weighted by atomic mass is 9.59. The highest BCUT2D eigenvalue weighted by atomic mass is 16.7. The van der Waals surface area contributed by atoms with Crippen LogP contribution in [0.4, 0.5) is 0 Å². The third-order valence-corrected chi connectivity index (χ3v) is 6.40. The minimum absolute atomic E-state index is 0.0566. The second-order valence-corrected chi connectivity index (χ2v) is 7.36. The number of hydrogen-bond acceptors (Lipinski definition) is 5. The highest BCUT2D eigenvalue weighted by molar-refractivity contribution is 5.90. The van der Waals surface area contributed by atoms with Crippen LogP contribution in [0.3, 0.4) is 0 Å². The largest absolute Gasteiger partial charge is 0.493 e. The predicted octanol–water partition coefficient (Wildman–Crippen LogP) is 3.45. The van der Waals surface area contributed by atoms with Gasteiger partial charge in [-0.1, -0.05) is 13.0 Å². The van der Waals surface area contributed by atoms with Crippen molar-refractivity contribution in [2.45, 2.75) is 50.2 Å². The Hall–Kier alpha value is -1.59. The van der Waals surface area contributed by atoms with Crippen molar-refractivity contribution < 1.29 is 23.7 Å². The second kappa shape index (κ2) is 6.29. The molecule has 1 saturated heterocycles. The second-order valence-electron chi connectivity index (χ2n) is 7.36. The molecule has 1 aromatic rings. The standard InChI is InChI=1S/C20H26O5/c1-3-19-7-8-20(24-10-11-25-20)13-15(19)6-9-23-17-12-14(18(21)22-2)4-5-16(17)19/h4-5,12,15H,3,6-11,13H2,1-2H3. The van der Waals surface area contributed by atoms with Gasteiger partial charge in [-0.3, -0.25) is 0 Å². The summed E-state index contributed by atoms with van der Waals surface area (Å²) in [5, 5.41) is 0. The number of benzene rings is 1. The van der Waals surface area contributed by atoms with E-state index in [0.29, 0.717) is 31.3 Å². The van der Waals surface area contributed by atoms with E-state index in [4.69, 9.17) is 18.9 Å².